The van der Waals surface area contributed by atoms with Gasteiger partial charge in [-0.3, -0.25) is 4.79 Å². The molecule has 1 aromatic rings. The van der Waals surface area contributed by atoms with E-state index >= 15 is 0 Å². The van der Waals surface area contributed by atoms with Crippen molar-refractivity contribution in [3.63, 3.8) is 0 Å². The number of hydrogen-bond acceptors (Lipinski definition) is 3. The summed E-state index contributed by atoms with van der Waals surface area (Å²) in [6, 6.07) is 7.55. The van der Waals surface area contributed by atoms with Gasteiger partial charge in [-0.1, -0.05) is 26.0 Å². The normalized spacial score (nSPS) is 24.6. The number of amides is 1. The molecule has 2 unspecified atom stereocenters. The van der Waals surface area contributed by atoms with Crippen LogP contribution in [0.3, 0.4) is 0 Å². The molecule has 1 fully saturated rings. The predicted molar refractivity (Wildman–Crippen MR) is 74.9 cm³/mol. The Labute approximate surface area is 114 Å². The Kier molecular flexibility index (Phi) is 3.92. The second kappa shape index (κ2) is 5.31. The molecule has 19 heavy (non-hydrogen) atoms. The Balaban J connectivity index is 1.97. The molecule has 0 heterocycles. The maximum absolute atomic E-state index is 12.1. The number of nitrogens with one attached hydrogen (secondary N) is 1. The summed E-state index contributed by atoms with van der Waals surface area (Å²) in [5, 5.41) is 12.6. The first-order valence-electron chi connectivity index (χ1n) is 6.73. The van der Waals surface area contributed by atoms with Crippen molar-refractivity contribution in [2.24, 2.45) is 11.1 Å². The van der Waals surface area contributed by atoms with Crippen LogP contribution >= 0.6 is 0 Å². The third-order valence-corrected chi connectivity index (χ3v) is 4.17. The summed E-state index contributed by atoms with van der Waals surface area (Å²) in [7, 11) is 0. The second-order valence-electron chi connectivity index (χ2n) is 5.83. The minimum Gasteiger partial charge on any atom is -0.392 e. The predicted octanol–water partition coefficient (Wildman–Crippen LogP) is 1.08. The molecular formula is C15H22N2O2. The molecule has 1 saturated carbocycles. The number of benzene rings is 1. The van der Waals surface area contributed by atoms with Crippen molar-refractivity contribution >= 4 is 5.91 Å². The van der Waals surface area contributed by atoms with Gasteiger partial charge in [0.15, 0.2) is 0 Å². The Morgan fingerprint density at radius 1 is 1.42 bits per heavy atom. The fourth-order valence-electron chi connectivity index (χ4n) is 2.38. The molecule has 1 amide bonds. The van der Waals surface area contributed by atoms with Gasteiger partial charge in [0.25, 0.3) is 5.91 Å². The lowest BCUT2D eigenvalue weighted by Gasteiger charge is -2.49. The van der Waals surface area contributed by atoms with Crippen LogP contribution < -0.4 is 11.1 Å². The highest BCUT2D eigenvalue weighted by Gasteiger charge is 2.47. The van der Waals surface area contributed by atoms with E-state index in [1.165, 1.54) is 0 Å². The van der Waals surface area contributed by atoms with Crippen molar-refractivity contribution in [3.05, 3.63) is 35.4 Å². The van der Waals surface area contributed by atoms with Gasteiger partial charge in [-0.05, 0) is 37.1 Å². The van der Waals surface area contributed by atoms with E-state index in [-0.39, 0.29) is 23.5 Å². The summed E-state index contributed by atoms with van der Waals surface area (Å²) in [6.07, 6.45) is 1.12. The Bertz CT molecular complexity index is 454. The highest BCUT2D eigenvalue weighted by atomic mass is 16.3. The van der Waals surface area contributed by atoms with Crippen LogP contribution in [0, 0.1) is 5.41 Å². The van der Waals surface area contributed by atoms with E-state index in [9.17, 15) is 9.90 Å². The molecule has 2 atom stereocenters. The van der Waals surface area contributed by atoms with Crippen molar-refractivity contribution in [1.29, 1.82) is 0 Å². The highest BCUT2D eigenvalue weighted by Crippen LogP contribution is 2.40. The first kappa shape index (κ1) is 14.0. The van der Waals surface area contributed by atoms with Crippen molar-refractivity contribution in [2.75, 3.05) is 6.54 Å². The minimum absolute atomic E-state index is 0.0405. The Hall–Kier alpha value is -1.39. The molecule has 0 aromatic heterocycles. The van der Waals surface area contributed by atoms with Crippen LogP contribution in [0.5, 0.6) is 0 Å². The summed E-state index contributed by atoms with van der Waals surface area (Å²) in [4.78, 5) is 12.1. The van der Waals surface area contributed by atoms with Crippen molar-refractivity contribution in [1.82, 2.24) is 5.32 Å². The van der Waals surface area contributed by atoms with E-state index in [0.717, 1.165) is 12.0 Å². The molecule has 1 aliphatic rings. The summed E-state index contributed by atoms with van der Waals surface area (Å²) in [5.41, 5.74) is 7.04. The van der Waals surface area contributed by atoms with Crippen LogP contribution in [0.2, 0.25) is 0 Å². The molecule has 4 N–H and O–H groups in total. The zero-order chi connectivity index (χ0) is 14.0. The topological polar surface area (TPSA) is 75.3 Å². The molecule has 0 saturated heterocycles. The van der Waals surface area contributed by atoms with E-state index in [4.69, 9.17) is 5.73 Å². The first-order chi connectivity index (χ1) is 8.95. The molecule has 0 radical (unpaired) electrons. The number of carbonyl (C=O) groups is 1. The monoisotopic (exact) mass is 262 g/mol. The summed E-state index contributed by atoms with van der Waals surface area (Å²) < 4.78 is 0. The molecule has 2 rings (SSSR count). The van der Waals surface area contributed by atoms with Crippen molar-refractivity contribution < 1.29 is 9.90 Å². The van der Waals surface area contributed by atoms with E-state index in [0.29, 0.717) is 18.5 Å². The largest absolute Gasteiger partial charge is 0.392 e. The molecule has 0 aliphatic heterocycles. The zero-order valence-electron chi connectivity index (χ0n) is 11.5. The van der Waals surface area contributed by atoms with Crippen molar-refractivity contribution in [3.8, 4) is 0 Å². The molecule has 4 nitrogen and oxygen atoms in total. The third kappa shape index (κ3) is 2.80. The number of aliphatic hydroxyl groups excluding tert-OH is 1. The molecular weight excluding hydrogens is 240 g/mol. The second-order valence-corrected chi connectivity index (χ2v) is 5.83. The first-order valence-corrected chi connectivity index (χ1v) is 6.73. The van der Waals surface area contributed by atoms with Crippen LogP contribution in [-0.2, 0) is 6.42 Å². The SMILES string of the molecule is CC1(C)C(O)CC1NC(=O)c1ccc(CCN)cc1. The van der Waals surface area contributed by atoms with E-state index < -0.39 is 0 Å². The Morgan fingerprint density at radius 3 is 2.53 bits per heavy atom. The molecule has 104 valence electrons. The lowest BCUT2D eigenvalue weighted by atomic mass is 9.64. The number of aliphatic hydroxyl groups is 1. The molecule has 4 heteroatoms. The maximum Gasteiger partial charge on any atom is 0.251 e. The van der Waals surface area contributed by atoms with Gasteiger partial charge in [-0.2, -0.15) is 0 Å². The zero-order valence-corrected chi connectivity index (χ0v) is 11.5. The lowest BCUT2D eigenvalue weighted by Crippen LogP contribution is -2.61. The van der Waals surface area contributed by atoms with Gasteiger partial charge in [0, 0.05) is 17.0 Å². The van der Waals surface area contributed by atoms with Gasteiger partial charge in [0.1, 0.15) is 0 Å². The number of hydrogen-bond donors (Lipinski definition) is 3. The van der Waals surface area contributed by atoms with E-state index in [1.54, 1.807) is 0 Å². The van der Waals surface area contributed by atoms with Gasteiger partial charge < -0.3 is 16.2 Å². The van der Waals surface area contributed by atoms with Crippen LogP contribution in [0.4, 0.5) is 0 Å². The van der Waals surface area contributed by atoms with E-state index in [2.05, 4.69) is 5.32 Å². The molecule has 0 spiro atoms. The van der Waals surface area contributed by atoms with Gasteiger partial charge >= 0.3 is 0 Å². The quantitative estimate of drug-likeness (QED) is 0.760. The number of carbonyl (C=O) groups excluding carboxylic acids is 1. The number of nitrogens with two attached hydrogens (primary N) is 1. The van der Waals surface area contributed by atoms with E-state index in [1.807, 2.05) is 38.1 Å². The molecule has 1 aromatic carbocycles. The summed E-state index contributed by atoms with van der Waals surface area (Å²) in [5.74, 6) is -0.0794. The summed E-state index contributed by atoms with van der Waals surface area (Å²) in [6.45, 7) is 4.55. The van der Waals surface area contributed by atoms with Crippen molar-refractivity contribution in [2.45, 2.75) is 38.8 Å². The fraction of sp³-hybridized carbons (Fsp3) is 0.533. The van der Waals surface area contributed by atoms with Crippen LogP contribution in [0.25, 0.3) is 0 Å². The van der Waals surface area contributed by atoms with Crippen LogP contribution in [-0.4, -0.2) is 29.7 Å². The van der Waals surface area contributed by atoms with Crippen LogP contribution in [0.1, 0.15) is 36.2 Å². The highest BCUT2D eigenvalue weighted by molar-refractivity contribution is 5.94. The summed E-state index contributed by atoms with van der Waals surface area (Å²) >= 11 is 0. The number of rotatable bonds is 4. The standard InChI is InChI=1S/C15H22N2O2/c1-15(2)12(9-13(15)18)17-14(19)11-5-3-10(4-6-11)7-8-16/h3-6,12-13,18H,7-9,16H2,1-2H3,(H,17,19). The maximum atomic E-state index is 12.1. The molecule has 1 aliphatic carbocycles. The lowest BCUT2D eigenvalue weighted by molar-refractivity contribution is -0.0689. The van der Waals surface area contributed by atoms with Gasteiger partial charge in [-0.15, -0.1) is 0 Å². The average Bonchev–Trinajstić information content (AvgIpc) is 2.39. The van der Waals surface area contributed by atoms with Crippen LogP contribution in [0.15, 0.2) is 24.3 Å². The van der Waals surface area contributed by atoms with Gasteiger partial charge in [0.05, 0.1) is 6.10 Å². The van der Waals surface area contributed by atoms with Gasteiger partial charge in [0.2, 0.25) is 0 Å². The minimum atomic E-state index is -0.329. The van der Waals surface area contributed by atoms with Gasteiger partial charge in [-0.25, -0.2) is 0 Å². The average molecular weight is 262 g/mol. The third-order valence-electron chi connectivity index (χ3n) is 4.17. The fourth-order valence-corrected chi connectivity index (χ4v) is 2.38. The molecule has 0 bridgehead atoms. The smallest absolute Gasteiger partial charge is 0.251 e. The Morgan fingerprint density at radius 2 is 2.05 bits per heavy atom.